The summed E-state index contributed by atoms with van der Waals surface area (Å²) in [6.45, 7) is 3.45. The van der Waals surface area contributed by atoms with Crippen molar-refractivity contribution in [3.8, 4) is 11.5 Å². The van der Waals surface area contributed by atoms with Crippen LogP contribution in [0.3, 0.4) is 0 Å². The van der Waals surface area contributed by atoms with Gasteiger partial charge in [-0.25, -0.2) is 4.39 Å². The molecule has 0 radical (unpaired) electrons. The number of aryl methyl sites for hydroxylation is 1. The largest absolute Gasteiger partial charge is 0.457 e. The number of hydrogen-bond acceptors (Lipinski definition) is 2. The first kappa shape index (κ1) is 13.3. The highest BCUT2D eigenvalue weighted by Crippen LogP contribution is 2.27. The predicted octanol–water partition coefficient (Wildman–Crippen LogP) is 4.38. The van der Waals surface area contributed by atoms with Crippen molar-refractivity contribution in [2.24, 2.45) is 0 Å². The molecular weight excluding hydrogens is 243 g/mol. The lowest BCUT2D eigenvalue weighted by Crippen LogP contribution is -1.98. The Labute approximate surface area is 111 Å². The second-order valence-electron chi connectivity index (χ2n) is 4.30. The Kier molecular flexibility index (Phi) is 3.95. The molecule has 0 aliphatic rings. The van der Waals surface area contributed by atoms with Crippen LogP contribution >= 0.6 is 0 Å². The van der Waals surface area contributed by atoms with E-state index in [-0.39, 0.29) is 11.3 Å². The van der Waals surface area contributed by atoms with Gasteiger partial charge in [-0.1, -0.05) is 19.1 Å². The number of rotatable bonds is 4. The number of carbonyl (C=O) groups is 1. The first-order valence-corrected chi connectivity index (χ1v) is 6.17. The molecule has 19 heavy (non-hydrogen) atoms. The van der Waals surface area contributed by atoms with E-state index in [1.165, 1.54) is 25.1 Å². The summed E-state index contributed by atoms with van der Waals surface area (Å²) in [4.78, 5) is 11.5. The Morgan fingerprint density at radius 3 is 2.68 bits per heavy atom. The van der Waals surface area contributed by atoms with Gasteiger partial charge in [0.2, 0.25) is 0 Å². The van der Waals surface area contributed by atoms with Crippen molar-refractivity contribution in [2.45, 2.75) is 20.3 Å². The van der Waals surface area contributed by atoms with Crippen molar-refractivity contribution < 1.29 is 13.9 Å². The molecule has 98 valence electrons. The molecule has 0 saturated carbocycles. The van der Waals surface area contributed by atoms with E-state index in [9.17, 15) is 9.18 Å². The molecule has 0 spiro atoms. The summed E-state index contributed by atoms with van der Waals surface area (Å²) in [6, 6.07) is 11.6. The first-order valence-electron chi connectivity index (χ1n) is 6.17. The van der Waals surface area contributed by atoms with Gasteiger partial charge in [-0.05, 0) is 49.2 Å². The van der Waals surface area contributed by atoms with Gasteiger partial charge < -0.3 is 4.74 Å². The molecule has 0 aliphatic carbocycles. The molecule has 3 heteroatoms. The smallest absolute Gasteiger partial charge is 0.163 e. The van der Waals surface area contributed by atoms with E-state index in [1.807, 2.05) is 24.3 Å². The molecule has 0 aliphatic heterocycles. The summed E-state index contributed by atoms with van der Waals surface area (Å²) in [7, 11) is 0. The Balaban J connectivity index is 2.34. The van der Waals surface area contributed by atoms with Crippen LogP contribution in [0.4, 0.5) is 4.39 Å². The minimum atomic E-state index is -0.445. The third-order valence-electron chi connectivity index (χ3n) is 2.86. The molecule has 0 unspecified atom stereocenters. The molecule has 0 fully saturated rings. The van der Waals surface area contributed by atoms with E-state index in [1.54, 1.807) is 0 Å². The molecule has 2 rings (SSSR count). The van der Waals surface area contributed by atoms with Crippen LogP contribution in [0, 0.1) is 5.82 Å². The Morgan fingerprint density at radius 1 is 1.21 bits per heavy atom. The fourth-order valence-corrected chi connectivity index (χ4v) is 1.82. The average molecular weight is 258 g/mol. The Hall–Kier alpha value is -2.16. The maximum atomic E-state index is 13.2. The van der Waals surface area contributed by atoms with Crippen molar-refractivity contribution in [1.29, 1.82) is 0 Å². The SMILES string of the molecule is CCc1cccc(Oc2ccc(F)cc2C(C)=O)c1. The highest BCUT2D eigenvalue weighted by atomic mass is 19.1. The zero-order valence-electron chi connectivity index (χ0n) is 10.9. The summed E-state index contributed by atoms with van der Waals surface area (Å²) in [5, 5.41) is 0. The van der Waals surface area contributed by atoms with Gasteiger partial charge in [0, 0.05) is 0 Å². The van der Waals surface area contributed by atoms with Crippen molar-refractivity contribution in [1.82, 2.24) is 0 Å². The van der Waals surface area contributed by atoms with E-state index >= 15 is 0 Å². The molecular formula is C16H15FO2. The van der Waals surface area contributed by atoms with Crippen LogP contribution in [0.5, 0.6) is 11.5 Å². The molecule has 0 heterocycles. The zero-order chi connectivity index (χ0) is 13.8. The summed E-state index contributed by atoms with van der Waals surface area (Å²) < 4.78 is 18.8. The van der Waals surface area contributed by atoms with Crippen molar-refractivity contribution in [2.75, 3.05) is 0 Å². The predicted molar refractivity (Wildman–Crippen MR) is 72.3 cm³/mol. The number of benzene rings is 2. The van der Waals surface area contributed by atoms with E-state index in [2.05, 4.69) is 6.92 Å². The third kappa shape index (κ3) is 3.19. The monoisotopic (exact) mass is 258 g/mol. The Bertz CT molecular complexity index is 605. The van der Waals surface area contributed by atoms with Crippen molar-refractivity contribution in [3.63, 3.8) is 0 Å². The third-order valence-corrected chi connectivity index (χ3v) is 2.86. The number of halogens is 1. The molecule has 2 nitrogen and oxygen atoms in total. The quantitative estimate of drug-likeness (QED) is 0.760. The zero-order valence-corrected chi connectivity index (χ0v) is 10.9. The molecule has 0 N–H and O–H groups in total. The fourth-order valence-electron chi connectivity index (χ4n) is 1.82. The van der Waals surface area contributed by atoms with Crippen LogP contribution in [-0.2, 0) is 6.42 Å². The van der Waals surface area contributed by atoms with Gasteiger partial charge in [0.25, 0.3) is 0 Å². The fraction of sp³-hybridized carbons (Fsp3) is 0.188. The van der Waals surface area contributed by atoms with E-state index in [0.717, 1.165) is 12.0 Å². The molecule has 2 aromatic carbocycles. The van der Waals surface area contributed by atoms with Crippen LogP contribution in [0.2, 0.25) is 0 Å². The second kappa shape index (κ2) is 5.65. The lowest BCUT2D eigenvalue weighted by molar-refractivity contribution is 0.101. The summed E-state index contributed by atoms with van der Waals surface area (Å²) in [6.07, 6.45) is 0.903. The van der Waals surface area contributed by atoms with Gasteiger partial charge in [-0.2, -0.15) is 0 Å². The summed E-state index contributed by atoms with van der Waals surface area (Å²) >= 11 is 0. The summed E-state index contributed by atoms with van der Waals surface area (Å²) in [5.41, 5.74) is 1.39. The first-order chi connectivity index (χ1) is 9.10. The van der Waals surface area contributed by atoms with E-state index in [0.29, 0.717) is 11.5 Å². The highest BCUT2D eigenvalue weighted by Gasteiger charge is 2.11. The Morgan fingerprint density at radius 2 is 2.00 bits per heavy atom. The minimum Gasteiger partial charge on any atom is -0.457 e. The molecule has 2 aromatic rings. The topological polar surface area (TPSA) is 26.3 Å². The van der Waals surface area contributed by atoms with Crippen LogP contribution in [0.15, 0.2) is 42.5 Å². The van der Waals surface area contributed by atoms with Crippen LogP contribution < -0.4 is 4.74 Å². The number of ether oxygens (including phenoxy) is 1. The normalized spacial score (nSPS) is 10.3. The summed E-state index contributed by atoms with van der Waals surface area (Å²) in [5.74, 6) is 0.358. The van der Waals surface area contributed by atoms with E-state index < -0.39 is 5.82 Å². The number of hydrogen-bond donors (Lipinski definition) is 0. The van der Waals surface area contributed by atoms with Crippen molar-refractivity contribution in [3.05, 3.63) is 59.4 Å². The van der Waals surface area contributed by atoms with Gasteiger partial charge >= 0.3 is 0 Å². The van der Waals surface area contributed by atoms with Gasteiger partial charge in [-0.15, -0.1) is 0 Å². The van der Waals surface area contributed by atoms with E-state index in [4.69, 9.17) is 4.74 Å². The lowest BCUT2D eigenvalue weighted by atomic mass is 10.1. The molecule has 0 bridgehead atoms. The van der Waals surface area contributed by atoms with Crippen LogP contribution in [-0.4, -0.2) is 5.78 Å². The van der Waals surface area contributed by atoms with Gasteiger partial charge in [-0.3, -0.25) is 4.79 Å². The van der Waals surface area contributed by atoms with Crippen LogP contribution in [0.1, 0.15) is 29.8 Å². The highest BCUT2D eigenvalue weighted by molar-refractivity contribution is 5.96. The lowest BCUT2D eigenvalue weighted by Gasteiger charge is -2.10. The molecule has 0 saturated heterocycles. The van der Waals surface area contributed by atoms with Gasteiger partial charge in [0.15, 0.2) is 5.78 Å². The number of ketones is 1. The van der Waals surface area contributed by atoms with Gasteiger partial charge in [0.1, 0.15) is 17.3 Å². The van der Waals surface area contributed by atoms with Gasteiger partial charge in [0.05, 0.1) is 5.56 Å². The van der Waals surface area contributed by atoms with Crippen LogP contribution in [0.25, 0.3) is 0 Å². The standard InChI is InChI=1S/C16H15FO2/c1-3-12-5-4-6-14(9-12)19-16-8-7-13(17)10-15(16)11(2)18/h4-10H,3H2,1-2H3. The maximum absolute atomic E-state index is 13.2. The molecule has 0 amide bonds. The second-order valence-corrected chi connectivity index (χ2v) is 4.30. The number of Topliss-reactive ketones (excluding diaryl/α,β-unsaturated/α-hetero) is 1. The average Bonchev–Trinajstić information content (AvgIpc) is 2.41. The molecule has 0 atom stereocenters. The van der Waals surface area contributed by atoms with Crippen molar-refractivity contribution >= 4 is 5.78 Å². The minimum absolute atomic E-state index is 0.221. The molecule has 0 aromatic heterocycles. The number of carbonyl (C=O) groups excluding carboxylic acids is 1. The maximum Gasteiger partial charge on any atom is 0.163 e.